The van der Waals surface area contributed by atoms with Crippen molar-refractivity contribution in [1.82, 2.24) is 0 Å². The molecular weight excluding hydrogens is 215 g/mol. The predicted octanol–water partition coefficient (Wildman–Crippen LogP) is 2.14. The third-order valence-electron chi connectivity index (χ3n) is 1.74. The summed E-state index contributed by atoms with van der Waals surface area (Å²) in [5.41, 5.74) is -0.247. The second-order valence-corrected chi connectivity index (χ2v) is 2.98. The minimum Gasteiger partial charge on any atom is -0.463 e. The average Bonchev–Trinajstić information content (AvgIpc) is 2.25. The molecule has 0 saturated carbocycles. The normalized spacial score (nSPS) is 11.8. The number of ether oxygens (including phenoxy) is 2. The first kappa shape index (κ1) is 14.6. The van der Waals surface area contributed by atoms with E-state index in [0.29, 0.717) is 6.42 Å². The standard InChI is InChI=1S/C11H17FO4/c1-4-7-8(10(13)15-5-2)9(12)11(14)16-6-3/h4-7H2,1-3H3/b9-8-. The third-order valence-corrected chi connectivity index (χ3v) is 1.74. The Labute approximate surface area is 94.4 Å². The van der Waals surface area contributed by atoms with Gasteiger partial charge in [-0.05, 0) is 20.3 Å². The van der Waals surface area contributed by atoms with E-state index < -0.39 is 17.8 Å². The maximum Gasteiger partial charge on any atom is 0.367 e. The van der Waals surface area contributed by atoms with Gasteiger partial charge in [0.2, 0.25) is 5.83 Å². The zero-order valence-electron chi connectivity index (χ0n) is 9.84. The van der Waals surface area contributed by atoms with Crippen molar-refractivity contribution in [3.8, 4) is 0 Å². The molecule has 0 fully saturated rings. The van der Waals surface area contributed by atoms with Gasteiger partial charge in [-0.1, -0.05) is 13.3 Å². The van der Waals surface area contributed by atoms with Crippen LogP contribution in [0.5, 0.6) is 0 Å². The molecule has 0 amide bonds. The van der Waals surface area contributed by atoms with Crippen LogP contribution < -0.4 is 0 Å². The van der Waals surface area contributed by atoms with Crippen molar-refractivity contribution in [1.29, 1.82) is 0 Å². The van der Waals surface area contributed by atoms with Crippen LogP contribution in [0.4, 0.5) is 4.39 Å². The fourth-order valence-corrected chi connectivity index (χ4v) is 1.09. The van der Waals surface area contributed by atoms with Crippen LogP contribution in [0.15, 0.2) is 11.4 Å². The van der Waals surface area contributed by atoms with Crippen molar-refractivity contribution < 1.29 is 23.5 Å². The number of halogens is 1. The van der Waals surface area contributed by atoms with Crippen LogP contribution in [0.25, 0.3) is 0 Å². The summed E-state index contributed by atoms with van der Waals surface area (Å²) in [5.74, 6) is -3.06. The van der Waals surface area contributed by atoms with Gasteiger partial charge in [0, 0.05) is 0 Å². The van der Waals surface area contributed by atoms with Crippen LogP contribution in [0.2, 0.25) is 0 Å². The second kappa shape index (κ2) is 7.84. The highest BCUT2D eigenvalue weighted by atomic mass is 19.1. The van der Waals surface area contributed by atoms with Gasteiger partial charge in [-0.25, -0.2) is 9.59 Å². The number of hydrogen-bond acceptors (Lipinski definition) is 4. The van der Waals surface area contributed by atoms with Gasteiger partial charge in [0.25, 0.3) is 0 Å². The predicted molar refractivity (Wildman–Crippen MR) is 56.3 cm³/mol. The highest BCUT2D eigenvalue weighted by Gasteiger charge is 2.22. The Morgan fingerprint density at radius 3 is 1.94 bits per heavy atom. The molecule has 0 bridgehead atoms. The summed E-state index contributed by atoms with van der Waals surface area (Å²) >= 11 is 0. The Balaban J connectivity index is 4.90. The first-order chi connectivity index (χ1) is 7.58. The van der Waals surface area contributed by atoms with E-state index in [4.69, 9.17) is 0 Å². The largest absolute Gasteiger partial charge is 0.463 e. The molecule has 0 aliphatic rings. The molecule has 0 rings (SSSR count). The lowest BCUT2D eigenvalue weighted by molar-refractivity contribution is -0.143. The summed E-state index contributed by atoms with van der Waals surface area (Å²) in [6, 6.07) is 0. The summed E-state index contributed by atoms with van der Waals surface area (Å²) in [7, 11) is 0. The summed E-state index contributed by atoms with van der Waals surface area (Å²) in [6.45, 7) is 5.16. The molecule has 0 aromatic carbocycles. The number of hydrogen-bond donors (Lipinski definition) is 0. The number of rotatable bonds is 6. The Hall–Kier alpha value is -1.39. The highest BCUT2D eigenvalue weighted by Crippen LogP contribution is 2.16. The first-order valence-electron chi connectivity index (χ1n) is 5.31. The molecule has 0 atom stereocenters. The van der Waals surface area contributed by atoms with Crippen LogP contribution in [0, 0.1) is 0 Å². The highest BCUT2D eigenvalue weighted by molar-refractivity contribution is 5.98. The van der Waals surface area contributed by atoms with Crippen LogP contribution >= 0.6 is 0 Å². The Morgan fingerprint density at radius 2 is 1.50 bits per heavy atom. The number of carbonyl (C=O) groups is 2. The second-order valence-electron chi connectivity index (χ2n) is 2.98. The quantitative estimate of drug-likeness (QED) is 0.520. The fraction of sp³-hybridized carbons (Fsp3) is 0.636. The maximum atomic E-state index is 13.5. The molecule has 0 unspecified atom stereocenters. The van der Waals surface area contributed by atoms with Crippen LogP contribution in [-0.4, -0.2) is 25.2 Å². The lowest BCUT2D eigenvalue weighted by Crippen LogP contribution is -2.14. The molecule has 5 heteroatoms. The van der Waals surface area contributed by atoms with Gasteiger partial charge >= 0.3 is 11.9 Å². The molecule has 0 aliphatic carbocycles. The Kier molecular flexibility index (Phi) is 7.16. The third kappa shape index (κ3) is 4.42. The van der Waals surface area contributed by atoms with Gasteiger partial charge in [-0.2, -0.15) is 4.39 Å². The maximum absolute atomic E-state index is 13.5. The van der Waals surface area contributed by atoms with Crippen LogP contribution in [-0.2, 0) is 19.1 Å². The van der Waals surface area contributed by atoms with Crippen molar-refractivity contribution in [2.24, 2.45) is 0 Å². The molecule has 0 heterocycles. The Morgan fingerprint density at radius 1 is 1.00 bits per heavy atom. The van der Waals surface area contributed by atoms with E-state index in [1.807, 2.05) is 0 Å². The lowest BCUT2D eigenvalue weighted by Gasteiger charge is -2.07. The monoisotopic (exact) mass is 232 g/mol. The molecule has 0 radical (unpaired) electrons. The molecular formula is C11H17FO4. The van der Waals surface area contributed by atoms with Crippen molar-refractivity contribution in [3.05, 3.63) is 11.4 Å². The van der Waals surface area contributed by atoms with Crippen LogP contribution in [0.1, 0.15) is 33.6 Å². The van der Waals surface area contributed by atoms with E-state index >= 15 is 0 Å². The molecule has 0 aromatic heterocycles. The molecule has 0 spiro atoms. The van der Waals surface area contributed by atoms with E-state index in [2.05, 4.69) is 9.47 Å². The van der Waals surface area contributed by atoms with Gasteiger partial charge in [-0.15, -0.1) is 0 Å². The number of carbonyl (C=O) groups excluding carboxylic acids is 2. The molecule has 0 aromatic rings. The van der Waals surface area contributed by atoms with Gasteiger partial charge in [0.15, 0.2) is 0 Å². The van der Waals surface area contributed by atoms with Crippen molar-refractivity contribution in [2.75, 3.05) is 13.2 Å². The topological polar surface area (TPSA) is 52.6 Å². The zero-order valence-corrected chi connectivity index (χ0v) is 9.84. The SMILES string of the molecule is CCC/C(C(=O)OCC)=C(/F)C(=O)OCC. The zero-order chi connectivity index (χ0) is 12.6. The van der Waals surface area contributed by atoms with Crippen molar-refractivity contribution >= 4 is 11.9 Å². The molecule has 4 nitrogen and oxygen atoms in total. The summed E-state index contributed by atoms with van der Waals surface area (Å²) in [6.07, 6.45) is 0.699. The van der Waals surface area contributed by atoms with Gasteiger partial charge in [0.1, 0.15) is 0 Å². The Bertz CT molecular complexity index is 284. The molecule has 92 valence electrons. The molecule has 0 saturated heterocycles. The number of esters is 2. The van der Waals surface area contributed by atoms with Crippen LogP contribution in [0.3, 0.4) is 0 Å². The molecule has 16 heavy (non-hydrogen) atoms. The van der Waals surface area contributed by atoms with E-state index in [-0.39, 0.29) is 25.2 Å². The van der Waals surface area contributed by atoms with E-state index in [9.17, 15) is 14.0 Å². The fourth-order valence-electron chi connectivity index (χ4n) is 1.09. The van der Waals surface area contributed by atoms with Gasteiger partial charge < -0.3 is 9.47 Å². The van der Waals surface area contributed by atoms with Gasteiger partial charge in [-0.3, -0.25) is 0 Å². The first-order valence-corrected chi connectivity index (χ1v) is 5.31. The summed E-state index contributed by atoms with van der Waals surface area (Å²) in [5, 5.41) is 0. The average molecular weight is 232 g/mol. The minimum atomic E-state index is -1.15. The lowest BCUT2D eigenvalue weighted by atomic mass is 10.1. The minimum absolute atomic E-state index is 0.0640. The van der Waals surface area contributed by atoms with E-state index in [1.54, 1.807) is 20.8 Å². The van der Waals surface area contributed by atoms with Gasteiger partial charge in [0.05, 0.1) is 18.8 Å². The summed E-state index contributed by atoms with van der Waals surface area (Å²) in [4.78, 5) is 22.5. The molecule has 0 N–H and O–H groups in total. The van der Waals surface area contributed by atoms with Crippen molar-refractivity contribution in [2.45, 2.75) is 33.6 Å². The molecule has 0 aliphatic heterocycles. The summed E-state index contributed by atoms with van der Waals surface area (Å²) < 4.78 is 22.7. The van der Waals surface area contributed by atoms with E-state index in [1.165, 1.54) is 0 Å². The van der Waals surface area contributed by atoms with E-state index in [0.717, 1.165) is 0 Å². The van der Waals surface area contributed by atoms with Crippen molar-refractivity contribution in [3.63, 3.8) is 0 Å². The smallest absolute Gasteiger partial charge is 0.367 e.